The number of nitrogens with zero attached hydrogens (tertiary/aromatic N) is 1. The van der Waals surface area contributed by atoms with Gasteiger partial charge in [-0.1, -0.05) is 11.3 Å². The number of anilines is 1. The van der Waals surface area contributed by atoms with Gasteiger partial charge in [-0.25, -0.2) is 4.98 Å². The number of rotatable bonds is 2. The predicted molar refractivity (Wildman–Crippen MR) is 48.6 cm³/mol. The lowest BCUT2D eigenvalue weighted by molar-refractivity contribution is 0.896. The Hall–Kier alpha value is -0.0900. The summed E-state index contributed by atoms with van der Waals surface area (Å²) in [6.07, 6.45) is 1.80. The molecule has 0 aromatic carbocycles. The summed E-state index contributed by atoms with van der Waals surface area (Å²) in [5, 5.41) is 4.18. The lowest BCUT2D eigenvalue weighted by Crippen LogP contribution is -2.08. The molecule has 0 radical (unpaired) electrons. The van der Waals surface area contributed by atoms with Crippen molar-refractivity contribution in [2.24, 2.45) is 0 Å². The van der Waals surface area contributed by atoms with Crippen molar-refractivity contribution >= 4 is 32.4 Å². The van der Waals surface area contributed by atoms with Gasteiger partial charge in [-0.05, 0) is 29.8 Å². The largest absolute Gasteiger partial charge is 0.359 e. The number of thiazole rings is 1. The van der Waals surface area contributed by atoms with Crippen LogP contribution < -0.4 is 5.32 Å². The Balaban J connectivity index is 2.58. The molecule has 0 fully saturated rings. The zero-order valence-electron chi connectivity index (χ0n) is 5.89. The monoisotopic (exact) mass is 220 g/mol. The van der Waals surface area contributed by atoms with Crippen LogP contribution >= 0.6 is 27.3 Å². The van der Waals surface area contributed by atoms with Crippen molar-refractivity contribution in [1.29, 1.82) is 0 Å². The van der Waals surface area contributed by atoms with Crippen molar-refractivity contribution in [2.45, 2.75) is 19.9 Å². The molecule has 0 aliphatic heterocycles. The normalized spacial score (nSPS) is 10.4. The summed E-state index contributed by atoms with van der Waals surface area (Å²) in [6, 6.07) is 0.457. The SMILES string of the molecule is CC(C)Nc1ncc(Br)s1. The molecular weight excluding hydrogens is 212 g/mol. The van der Waals surface area contributed by atoms with Crippen LogP contribution in [0.2, 0.25) is 0 Å². The fourth-order valence-corrected chi connectivity index (χ4v) is 1.82. The molecule has 0 saturated heterocycles. The van der Waals surface area contributed by atoms with Crippen molar-refractivity contribution in [3.8, 4) is 0 Å². The summed E-state index contributed by atoms with van der Waals surface area (Å²) < 4.78 is 1.07. The Kier molecular flexibility index (Phi) is 2.68. The molecule has 0 atom stereocenters. The Labute approximate surface area is 72.8 Å². The van der Waals surface area contributed by atoms with Gasteiger partial charge in [0.1, 0.15) is 0 Å². The maximum absolute atomic E-state index is 4.12. The van der Waals surface area contributed by atoms with Gasteiger partial charge in [-0.2, -0.15) is 0 Å². The zero-order valence-corrected chi connectivity index (χ0v) is 8.29. The van der Waals surface area contributed by atoms with E-state index in [0.717, 1.165) is 8.92 Å². The van der Waals surface area contributed by atoms with Crippen LogP contribution in [0.1, 0.15) is 13.8 Å². The van der Waals surface area contributed by atoms with Gasteiger partial charge in [0.25, 0.3) is 0 Å². The number of nitrogens with one attached hydrogen (secondary N) is 1. The lowest BCUT2D eigenvalue weighted by atomic mass is 10.4. The third kappa shape index (κ3) is 2.27. The van der Waals surface area contributed by atoms with Crippen LogP contribution in [0.15, 0.2) is 9.98 Å². The van der Waals surface area contributed by atoms with Crippen molar-refractivity contribution in [3.05, 3.63) is 9.98 Å². The van der Waals surface area contributed by atoms with Crippen LogP contribution in [0.4, 0.5) is 5.13 Å². The number of hydrogen-bond acceptors (Lipinski definition) is 3. The quantitative estimate of drug-likeness (QED) is 0.830. The first-order valence-corrected chi connectivity index (χ1v) is 4.67. The molecule has 1 heterocycles. The zero-order chi connectivity index (χ0) is 7.56. The molecule has 10 heavy (non-hydrogen) atoms. The highest BCUT2D eigenvalue weighted by Crippen LogP contribution is 2.23. The maximum Gasteiger partial charge on any atom is 0.183 e. The summed E-state index contributed by atoms with van der Waals surface area (Å²) in [6.45, 7) is 4.19. The molecule has 1 aromatic heterocycles. The van der Waals surface area contributed by atoms with Crippen LogP contribution in [-0.4, -0.2) is 11.0 Å². The van der Waals surface area contributed by atoms with Gasteiger partial charge in [0, 0.05) is 6.04 Å². The van der Waals surface area contributed by atoms with E-state index in [4.69, 9.17) is 0 Å². The van der Waals surface area contributed by atoms with Gasteiger partial charge in [0.05, 0.1) is 9.98 Å². The highest BCUT2D eigenvalue weighted by molar-refractivity contribution is 9.11. The molecule has 0 bridgehead atoms. The Morgan fingerprint density at radius 2 is 2.40 bits per heavy atom. The second-order valence-corrected chi connectivity index (χ2v) is 4.68. The van der Waals surface area contributed by atoms with Crippen molar-refractivity contribution < 1.29 is 0 Å². The van der Waals surface area contributed by atoms with Crippen LogP contribution in [0, 0.1) is 0 Å². The lowest BCUT2D eigenvalue weighted by Gasteiger charge is -2.03. The minimum atomic E-state index is 0.457. The summed E-state index contributed by atoms with van der Waals surface area (Å²) in [5.74, 6) is 0. The van der Waals surface area contributed by atoms with Gasteiger partial charge in [-0.15, -0.1) is 0 Å². The van der Waals surface area contributed by atoms with E-state index in [-0.39, 0.29) is 0 Å². The van der Waals surface area contributed by atoms with Gasteiger partial charge >= 0.3 is 0 Å². The van der Waals surface area contributed by atoms with Crippen molar-refractivity contribution in [3.63, 3.8) is 0 Å². The first-order chi connectivity index (χ1) is 4.68. The van der Waals surface area contributed by atoms with E-state index in [0.29, 0.717) is 6.04 Å². The topological polar surface area (TPSA) is 24.9 Å². The summed E-state index contributed by atoms with van der Waals surface area (Å²) in [5.41, 5.74) is 0. The smallest absolute Gasteiger partial charge is 0.183 e. The van der Waals surface area contributed by atoms with E-state index in [2.05, 4.69) is 40.1 Å². The Morgan fingerprint density at radius 3 is 2.80 bits per heavy atom. The van der Waals surface area contributed by atoms with Crippen LogP contribution in [0.3, 0.4) is 0 Å². The fraction of sp³-hybridized carbons (Fsp3) is 0.500. The molecule has 0 unspecified atom stereocenters. The standard InChI is InChI=1S/C6H9BrN2S/c1-4(2)9-6-8-3-5(7)10-6/h3-4H,1-2H3,(H,8,9). The maximum atomic E-state index is 4.12. The van der Waals surface area contributed by atoms with Crippen LogP contribution in [-0.2, 0) is 0 Å². The fourth-order valence-electron chi connectivity index (χ4n) is 0.568. The summed E-state index contributed by atoms with van der Waals surface area (Å²) in [4.78, 5) is 4.12. The van der Waals surface area contributed by atoms with Crippen molar-refractivity contribution in [2.75, 3.05) is 5.32 Å². The number of aromatic nitrogens is 1. The molecule has 1 rings (SSSR count). The molecule has 2 nitrogen and oxygen atoms in total. The molecule has 0 aliphatic carbocycles. The van der Waals surface area contributed by atoms with Gasteiger partial charge in [0.2, 0.25) is 0 Å². The molecule has 0 aliphatic rings. The van der Waals surface area contributed by atoms with Gasteiger partial charge < -0.3 is 5.32 Å². The van der Waals surface area contributed by atoms with E-state index in [1.165, 1.54) is 0 Å². The first kappa shape index (κ1) is 8.01. The van der Waals surface area contributed by atoms with E-state index in [9.17, 15) is 0 Å². The minimum absolute atomic E-state index is 0.457. The highest BCUT2D eigenvalue weighted by Gasteiger charge is 1.98. The molecule has 0 saturated carbocycles. The third-order valence-electron chi connectivity index (χ3n) is 0.890. The van der Waals surface area contributed by atoms with Gasteiger partial charge in [-0.3, -0.25) is 0 Å². The average Bonchev–Trinajstić information content (AvgIpc) is 2.13. The second-order valence-electron chi connectivity index (χ2n) is 2.27. The predicted octanol–water partition coefficient (Wildman–Crippen LogP) is 2.73. The molecule has 56 valence electrons. The molecule has 0 amide bonds. The highest BCUT2D eigenvalue weighted by atomic mass is 79.9. The second kappa shape index (κ2) is 3.34. The van der Waals surface area contributed by atoms with E-state index in [1.54, 1.807) is 17.5 Å². The van der Waals surface area contributed by atoms with Crippen LogP contribution in [0.25, 0.3) is 0 Å². The van der Waals surface area contributed by atoms with E-state index in [1.807, 2.05) is 0 Å². The minimum Gasteiger partial charge on any atom is -0.359 e. The van der Waals surface area contributed by atoms with Gasteiger partial charge in [0.15, 0.2) is 5.13 Å². The number of hydrogen-bond donors (Lipinski definition) is 1. The van der Waals surface area contributed by atoms with Crippen LogP contribution in [0.5, 0.6) is 0 Å². The number of halogens is 1. The summed E-state index contributed by atoms with van der Waals surface area (Å²) in [7, 11) is 0. The Bertz CT molecular complexity index is 209. The molecule has 4 heteroatoms. The van der Waals surface area contributed by atoms with E-state index >= 15 is 0 Å². The Morgan fingerprint density at radius 1 is 1.70 bits per heavy atom. The molecule has 1 N–H and O–H groups in total. The van der Waals surface area contributed by atoms with Crippen molar-refractivity contribution in [1.82, 2.24) is 4.98 Å². The molecule has 1 aromatic rings. The third-order valence-corrected chi connectivity index (χ3v) is 2.30. The average molecular weight is 221 g/mol. The first-order valence-electron chi connectivity index (χ1n) is 3.06. The molecular formula is C6H9BrN2S. The summed E-state index contributed by atoms with van der Waals surface area (Å²) >= 11 is 4.95. The van der Waals surface area contributed by atoms with E-state index < -0.39 is 0 Å². The molecule has 0 spiro atoms.